The van der Waals surface area contributed by atoms with Crippen molar-refractivity contribution in [2.75, 3.05) is 25.4 Å². The number of thioether (sulfide) groups is 1. The number of aromatic nitrogens is 2. The van der Waals surface area contributed by atoms with Crippen molar-refractivity contribution in [2.24, 2.45) is 0 Å². The molecule has 0 radical (unpaired) electrons. The summed E-state index contributed by atoms with van der Waals surface area (Å²) in [4.78, 5) is 32.4. The van der Waals surface area contributed by atoms with Crippen molar-refractivity contribution in [3.63, 3.8) is 0 Å². The smallest absolute Gasteiger partial charge is 0.262 e. The van der Waals surface area contributed by atoms with Crippen LogP contribution in [0.3, 0.4) is 0 Å². The first kappa shape index (κ1) is 20.9. The highest BCUT2D eigenvalue weighted by atomic mass is 32.2. The number of hydrogen-bond donors (Lipinski definition) is 1. The maximum absolute atomic E-state index is 12.9. The summed E-state index contributed by atoms with van der Waals surface area (Å²) in [5.74, 6) is 0.301. The Hall–Kier alpha value is -1.86. The van der Waals surface area contributed by atoms with Gasteiger partial charge in [0.2, 0.25) is 5.91 Å². The van der Waals surface area contributed by atoms with Crippen LogP contribution < -0.4 is 10.9 Å². The van der Waals surface area contributed by atoms with Crippen molar-refractivity contribution < 1.29 is 4.79 Å². The Labute approximate surface area is 170 Å². The molecule has 0 atom stereocenters. The number of unbranched alkanes of at least 4 members (excludes halogenated alkanes) is 1. The van der Waals surface area contributed by atoms with Gasteiger partial charge in [-0.25, -0.2) is 4.98 Å². The molecule has 0 saturated carbocycles. The number of hydrogen-bond acceptors (Lipinski definition) is 5. The molecule has 1 N–H and O–H groups in total. The van der Waals surface area contributed by atoms with Crippen LogP contribution in [-0.4, -0.2) is 51.8 Å². The van der Waals surface area contributed by atoms with Gasteiger partial charge in [-0.2, -0.15) is 0 Å². The zero-order valence-electron chi connectivity index (χ0n) is 16.8. The van der Waals surface area contributed by atoms with Crippen molar-refractivity contribution in [3.8, 4) is 0 Å². The molecule has 1 fully saturated rings. The van der Waals surface area contributed by atoms with Gasteiger partial charge in [0.15, 0.2) is 5.16 Å². The minimum Gasteiger partial charge on any atom is -0.353 e. The van der Waals surface area contributed by atoms with Gasteiger partial charge in [-0.1, -0.05) is 44.2 Å². The highest BCUT2D eigenvalue weighted by Crippen LogP contribution is 2.19. The minimum atomic E-state index is -0.0195. The van der Waals surface area contributed by atoms with Crippen LogP contribution in [0, 0.1) is 0 Å². The van der Waals surface area contributed by atoms with Gasteiger partial charge >= 0.3 is 0 Å². The van der Waals surface area contributed by atoms with E-state index in [1.807, 2.05) is 24.3 Å². The first-order valence-corrected chi connectivity index (χ1v) is 11.2. The molecule has 0 spiro atoms. The summed E-state index contributed by atoms with van der Waals surface area (Å²) in [5.41, 5.74) is 0.670. The maximum atomic E-state index is 12.9. The third kappa shape index (κ3) is 5.14. The van der Waals surface area contributed by atoms with E-state index in [1.165, 1.54) is 11.8 Å². The molecule has 3 rings (SSSR count). The fraction of sp³-hybridized carbons (Fsp3) is 0.571. The van der Waals surface area contributed by atoms with Crippen molar-refractivity contribution in [2.45, 2.75) is 57.3 Å². The van der Waals surface area contributed by atoms with Crippen molar-refractivity contribution in [1.82, 2.24) is 19.8 Å². The van der Waals surface area contributed by atoms with Crippen LogP contribution in [0.15, 0.2) is 34.2 Å². The van der Waals surface area contributed by atoms with E-state index in [9.17, 15) is 9.59 Å². The fourth-order valence-electron chi connectivity index (χ4n) is 3.56. The summed E-state index contributed by atoms with van der Waals surface area (Å²) < 4.78 is 1.73. The molecule has 1 amide bonds. The molecule has 28 heavy (non-hydrogen) atoms. The quantitative estimate of drug-likeness (QED) is 0.543. The van der Waals surface area contributed by atoms with Gasteiger partial charge in [0.1, 0.15) is 0 Å². The Bertz CT molecular complexity index is 859. The van der Waals surface area contributed by atoms with E-state index in [0.717, 1.165) is 45.3 Å². The van der Waals surface area contributed by atoms with E-state index in [2.05, 4.69) is 29.0 Å². The first-order valence-electron chi connectivity index (χ1n) is 10.3. The normalized spacial score (nSPS) is 15.8. The summed E-state index contributed by atoms with van der Waals surface area (Å²) in [6.07, 6.45) is 3.91. The van der Waals surface area contributed by atoms with E-state index < -0.39 is 0 Å². The average Bonchev–Trinajstić information content (AvgIpc) is 2.72. The predicted molar refractivity (Wildman–Crippen MR) is 115 cm³/mol. The van der Waals surface area contributed by atoms with Gasteiger partial charge in [0.25, 0.3) is 5.56 Å². The van der Waals surface area contributed by atoms with E-state index in [1.54, 1.807) is 4.57 Å². The molecule has 2 heterocycles. The van der Waals surface area contributed by atoms with Gasteiger partial charge in [0.05, 0.1) is 16.7 Å². The monoisotopic (exact) mass is 402 g/mol. The molecule has 152 valence electrons. The Kier molecular flexibility index (Phi) is 7.50. The SMILES string of the molecule is CCCCn1c(SCC(=O)NC2CCN(CC)CC2)nc2ccccc2c1=O. The lowest BCUT2D eigenvalue weighted by molar-refractivity contribution is -0.119. The lowest BCUT2D eigenvalue weighted by Crippen LogP contribution is -2.45. The molecule has 1 saturated heterocycles. The van der Waals surface area contributed by atoms with Crippen LogP contribution in [0.25, 0.3) is 10.9 Å². The Balaban J connectivity index is 1.67. The number of fused-ring (bicyclic) bond motifs is 1. The number of nitrogens with zero attached hydrogens (tertiary/aromatic N) is 3. The van der Waals surface area contributed by atoms with Crippen LogP contribution in [-0.2, 0) is 11.3 Å². The Morgan fingerprint density at radius 3 is 2.71 bits per heavy atom. The molecule has 1 aliphatic heterocycles. The summed E-state index contributed by atoms with van der Waals surface area (Å²) in [7, 11) is 0. The third-order valence-electron chi connectivity index (χ3n) is 5.29. The molecular weight excluding hydrogens is 372 g/mol. The van der Waals surface area contributed by atoms with Crippen LogP contribution in [0.5, 0.6) is 0 Å². The number of amides is 1. The lowest BCUT2D eigenvalue weighted by Gasteiger charge is -2.31. The number of benzene rings is 1. The fourth-order valence-corrected chi connectivity index (χ4v) is 4.40. The predicted octanol–water partition coefficient (Wildman–Crippen LogP) is 2.89. The molecule has 0 bridgehead atoms. The molecule has 0 aliphatic carbocycles. The minimum absolute atomic E-state index is 0.0180. The first-order chi connectivity index (χ1) is 13.6. The zero-order chi connectivity index (χ0) is 19.9. The molecule has 7 heteroatoms. The summed E-state index contributed by atoms with van der Waals surface area (Å²) in [6.45, 7) is 8.05. The molecule has 0 unspecified atom stereocenters. The lowest BCUT2D eigenvalue weighted by atomic mass is 10.1. The van der Waals surface area contributed by atoms with Gasteiger partial charge in [-0.3, -0.25) is 14.2 Å². The number of rotatable bonds is 8. The number of carbonyl (C=O) groups excluding carboxylic acids is 1. The highest BCUT2D eigenvalue weighted by molar-refractivity contribution is 7.99. The van der Waals surface area contributed by atoms with Crippen LogP contribution in [0.2, 0.25) is 0 Å². The topological polar surface area (TPSA) is 67.2 Å². The van der Waals surface area contributed by atoms with E-state index >= 15 is 0 Å². The molecule has 2 aromatic rings. The van der Waals surface area contributed by atoms with Crippen LogP contribution in [0.1, 0.15) is 39.5 Å². The second-order valence-electron chi connectivity index (χ2n) is 7.29. The Morgan fingerprint density at radius 2 is 2.00 bits per heavy atom. The van der Waals surface area contributed by atoms with Crippen LogP contribution in [0.4, 0.5) is 0 Å². The van der Waals surface area contributed by atoms with Crippen molar-refractivity contribution in [1.29, 1.82) is 0 Å². The summed E-state index contributed by atoms with van der Waals surface area (Å²) >= 11 is 1.36. The number of para-hydroxylation sites is 1. The summed E-state index contributed by atoms with van der Waals surface area (Å²) in [6, 6.07) is 7.67. The number of piperidine rings is 1. The average molecular weight is 403 g/mol. The zero-order valence-corrected chi connectivity index (χ0v) is 17.6. The molecule has 6 nitrogen and oxygen atoms in total. The summed E-state index contributed by atoms with van der Waals surface area (Å²) in [5, 5.41) is 4.41. The largest absolute Gasteiger partial charge is 0.353 e. The van der Waals surface area contributed by atoms with Gasteiger partial charge < -0.3 is 10.2 Å². The maximum Gasteiger partial charge on any atom is 0.262 e. The second-order valence-corrected chi connectivity index (χ2v) is 8.23. The van der Waals surface area contributed by atoms with E-state index in [4.69, 9.17) is 0 Å². The highest BCUT2D eigenvalue weighted by Gasteiger charge is 2.20. The number of likely N-dealkylation sites (tertiary alicyclic amines) is 1. The van der Waals surface area contributed by atoms with Gasteiger partial charge in [-0.15, -0.1) is 0 Å². The number of carbonyl (C=O) groups is 1. The van der Waals surface area contributed by atoms with Crippen molar-refractivity contribution in [3.05, 3.63) is 34.6 Å². The third-order valence-corrected chi connectivity index (χ3v) is 6.27. The van der Waals surface area contributed by atoms with Crippen molar-refractivity contribution >= 4 is 28.6 Å². The Morgan fingerprint density at radius 1 is 1.25 bits per heavy atom. The van der Waals surface area contributed by atoms with Gasteiger partial charge in [0, 0.05) is 25.7 Å². The number of nitrogens with one attached hydrogen (secondary N) is 1. The van der Waals surface area contributed by atoms with Crippen LogP contribution >= 0.6 is 11.8 Å². The molecular formula is C21H30N4O2S. The second kappa shape index (κ2) is 10.1. The molecule has 1 aromatic carbocycles. The molecule has 1 aliphatic rings. The van der Waals surface area contributed by atoms with E-state index in [0.29, 0.717) is 22.6 Å². The van der Waals surface area contributed by atoms with E-state index in [-0.39, 0.29) is 23.3 Å². The molecule has 1 aromatic heterocycles. The van der Waals surface area contributed by atoms with Gasteiger partial charge in [-0.05, 0) is 37.9 Å². The standard InChI is InChI=1S/C21H30N4O2S/c1-3-5-12-25-20(27)17-8-6-7-9-18(17)23-21(25)28-15-19(26)22-16-10-13-24(4-2)14-11-16/h6-9,16H,3-5,10-15H2,1-2H3,(H,22,26).